The zero-order valence-corrected chi connectivity index (χ0v) is 16.5. The fourth-order valence-electron chi connectivity index (χ4n) is 3.45. The van der Waals surface area contributed by atoms with Gasteiger partial charge in [-0.15, -0.1) is 0 Å². The molecule has 0 spiro atoms. The molecule has 6 heteroatoms. The smallest absolute Gasteiger partial charge is 0.230 e. The van der Waals surface area contributed by atoms with Gasteiger partial charge in [0.1, 0.15) is 5.92 Å². The number of nitrogens with zero attached hydrogens (tertiary/aromatic N) is 1. The number of halogens is 1. The molecule has 1 aliphatic rings. The zero-order chi connectivity index (χ0) is 18.7. The summed E-state index contributed by atoms with van der Waals surface area (Å²) in [6.45, 7) is 1.93. The van der Waals surface area contributed by atoms with E-state index in [4.69, 9.17) is 12.2 Å². The molecule has 1 aliphatic heterocycles. The van der Waals surface area contributed by atoms with Gasteiger partial charge in [-0.1, -0.05) is 58.5 Å². The van der Waals surface area contributed by atoms with Crippen LogP contribution >= 0.6 is 28.1 Å². The maximum Gasteiger partial charge on any atom is 0.230 e. The van der Waals surface area contributed by atoms with Gasteiger partial charge in [0, 0.05) is 22.1 Å². The molecule has 1 heterocycles. The zero-order valence-electron chi connectivity index (χ0n) is 14.1. The summed E-state index contributed by atoms with van der Waals surface area (Å²) < 4.78 is 0.949. The van der Waals surface area contributed by atoms with Gasteiger partial charge >= 0.3 is 0 Å². The Balaban J connectivity index is 1.98. The number of hydrogen-bond acceptors (Lipinski definition) is 3. The van der Waals surface area contributed by atoms with E-state index in [2.05, 4.69) is 32.6 Å². The predicted molar refractivity (Wildman–Crippen MR) is 110 cm³/mol. The van der Waals surface area contributed by atoms with Crippen LogP contribution in [-0.4, -0.2) is 16.9 Å². The highest BCUT2D eigenvalue weighted by Crippen LogP contribution is 2.39. The van der Waals surface area contributed by atoms with E-state index in [0.29, 0.717) is 4.99 Å². The summed E-state index contributed by atoms with van der Waals surface area (Å²) in [4.78, 5) is 13.6. The average molecular weight is 428 g/mol. The summed E-state index contributed by atoms with van der Waals surface area (Å²) >= 11 is 8.83. The SMILES string of the molecule is CC1NC(=S)C(C#N)C(c2ccc(Br)cc2)C1C(=O)Nc1ccccc1. The lowest BCUT2D eigenvalue weighted by Gasteiger charge is -2.40. The van der Waals surface area contributed by atoms with Crippen LogP contribution in [0.4, 0.5) is 5.69 Å². The van der Waals surface area contributed by atoms with Crippen LogP contribution in [-0.2, 0) is 4.79 Å². The van der Waals surface area contributed by atoms with Gasteiger partial charge in [-0.25, -0.2) is 0 Å². The van der Waals surface area contributed by atoms with E-state index in [0.717, 1.165) is 15.7 Å². The maximum atomic E-state index is 13.1. The Bertz CT molecular complexity index is 848. The van der Waals surface area contributed by atoms with E-state index >= 15 is 0 Å². The number of carbonyl (C=O) groups is 1. The molecular weight excluding hydrogens is 410 g/mol. The maximum absolute atomic E-state index is 13.1. The Hall–Kier alpha value is -2.23. The molecule has 0 aliphatic carbocycles. The lowest BCUT2D eigenvalue weighted by atomic mass is 9.71. The second-order valence-electron chi connectivity index (χ2n) is 6.36. The molecule has 2 aromatic rings. The van der Waals surface area contributed by atoms with Gasteiger partial charge in [-0.05, 0) is 36.8 Å². The fraction of sp³-hybridized carbons (Fsp3) is 0.250. The Kier molecular flexibility index (Phi) is 5.70. The van der Waals surface area contributed by atoms with Gasteiger partial charge in [-0.3, -0.25) is 4.79 Å². The third-order valence-corrected chi connectivity index (χ3v) is 5.58. The Morgan fingerprint density at radius 3 is 2.46 bits per heavy atom. The molecule has 3 rings (SSSR count). The number of hydrogen-bond donors (Lipinski definition) is 2. The van der Waals surface area contributed by atoms with Crippen molar-refractivity contribution in [3.63, 3.8) is 0 Å². The monoisotopic (exact) mass is 427 g/mol. The molecule has 1 saturated heterocycles. The van der Waals surface area contributed by atoms with Gasteiger partial charge in [0.2, 0.25) is 5.91 Å². The topological polar surface area (TPSA) is 64.9 Å². The van der Waals surface area contributed by atoms with Crippen LogP contribution in [0.2, 0.25) is 0 Å². The number of nitrogens with one attached hydrogen (secondary N) is 2. The largest absolute Gasteiger partial charge is 0.375 e. The van der Waals surface area contributed by atoms with Crippen molar-refractivity contribution >= 4 is 44.7 Å². The molecule has 1 fully saturated rings. The summed E-state index contributed by atoms with van der Waals surface area (Å²) in [5.41, 5.74) is 1.67. The minimum Gasteiger partial charge on any atom is -0.375 e. The average Bonchev–Trinajstić information content (AvgIpc) is 2.62. The third-order valence-electron chi connectivity index (χ3n) is 4.68. The minimum absolute atomic E-state index is 0.119. The highest BCUT2D eigenvalue weighted by molar-refractivity contribution is 9.10. The first-order valence-electron chi connectivity index (χ1n) is 8.32. The van der Waals surface area contributed by atoms with Crippen molar-refractivity contribution in [3.8, 4) is 6.07 Å². The summed E-state index contributed by atoms with van der Waals surface area (Å²) in [5, 5.41) is 15.8. The first kappa shape index (κ1) is 18.6. The second kappa shape index (κ2) is 7.98. The van der Waals surface area contributed by atoms with E-state index in [-0.39, 0.29) is 17.9 Å². The Morgan fingerprint density at radius 2 is 1.85 bits per heavy atom. The summed E-state index contributed by atoms with van der Waals surface area (Å²) in [7, 11) is 0. The van der Waals surface area contributed by atoms with Crippen molar-refractivity contribution in [2.24, 2.45) is 11.8 Å². The predicted octanol–water partition coefficient (Wildman–Crippen LogP) is 4.25. The number of piperidine rings is 1. The molecule has 0 saturated carbocycles. The quantitative estimate of drug-likeness (QED) is 0.718. The molecule has 132 valence electrons. The van der Waals surface area contributed by atoms with Gasteiger partial charge in [0.05, 0.1) is 17.0 Å². The molecule has 4 atom stereocenters. The summed E-state index contributed by atoms with van der Waals surface area (Å²) in [6.07, 6.45) is 0. The number of nitriles is 1. The van der Waals surface area contributed by atoms with Crippen LogP contribution in [0.3, 0.4) is 0 Å². The first-order valence-corrected chi connectivity index (χ1v) is 9.52. The molecule has 0 radical (unpaired) electrons. The lowest BCUT2D eigenvalue weighted by molar-refractivity contribution is -0.121. The standard InChI is InChI=1S/C20H18BrN3OS/c1-12-17(19(25)24-15-5-3-2-4-6-15)18(16(11-22)20(26)23-12)13-7-9-14(21)10-8-13/h2-10,12,16-18H,1H3,(H,23,26)(H,24,25). The lowest BCUT2D eigenvalue weighted by Crippen LogP contribution is -2.54. The van der Waals surface area contributed by atoms with E-state index in [1.54, 1.807) is 0 Å². The number of para-hydroxylation sites is 1. The van der Waals surface area contributed by atoms with Crippen LogP contribution in [0.15, 0.2) is 59.1 Å². The molecule has 1 amide bonds. The molecule has 2 aromatic carbocycles. The molecular formula is C20H18BrN3OS. The van der Waals surface area contributed by atoms with Crippen molar-refractivity contribution in [1.82, 2.24) is 5.32 Å². The highest BCUT2D eigenvalue weighted by atomic mass is 79.9. The molecule has 26 heavy (non-hydrogen) atoms. The molecule has 0 aromatic heterocycles. The molecule has 4 nitrogen and oxygen atoms in total. The number of thiocarbonyl (C=S) groups is 1. The number of amides is 1. The van der Waals surface area contributed by atoms with Gasteiger partial charge in [-0.2, -0.15) is 5.26 Å². The first-order chi connectivity index (χ1) is 12.5. The van der Waals surface area contributed by atoms with E-state index in [9.17, 15) is 10.1 Å². The number of carbonyl (C=O) groups excluding carboxylic acids is 1. The van der Waals surface area contributed by atoms with Crippen molar-refractivity contribution < 1.29 is 4.79 Å². The van der Waals surface area contributed by atoms with Crippen molar-refractivity contribution in [1.29, 1.82) is 5.26 Å². The van der Waals surface area contributed by atoms with E-state index < -0.39 is 11.8 Å². The minimum atomic E-state index is -0.547. The molecule has 0 bridgehead atoms. The van der Waals surface area contributed by atoms with E-state index in [1.807, 2.05) is 61.5 Å². The fourth-order valence-corrected chi connectivity index (χ4v) is 4.10. The molecule has 2 N–H and O–H groups in total. The third kappa shape index (κ3) is 3.79. The van der Waals surface area contributed by atoms with Crippen LogP contribution in [0, 0.1) is 23.2 Å². The van der Waals surface area contributed by atoms with Crippen molar-refractivity contribution in [2.45, 2.75) is 18.9 Å². The van der Waals surface area contributed by atoms with Crippen LogP contribution < -0.4 is 10.6 Å². The Morgan fingerprint density at radius 1 is 1.19 bits per heavy atom. The van der Waals surface area contributed by atoms with Gasteiger partial charge in [0.15, 0.2) is 0 Å². The summed E-state index contributed by atoms with van der Waals surface area (Å²) in [5.74, 6) is -1.39. The van der Waals surface area contributed by atoms with Crippen LogP contribution in [0.25, 0.3) is 0 Å². The summed E-state index contributed by atoms with van der Waals surface area (Å²) in [6, 6.07) is 19.2. The molecule has 4 unspecified atom stereocenters. The second-order valence-corrected chi connectivity index (χ2v) is 7.72. The van der Waals surface area contributed by atoms with E-state index in [1.165, 1.54) is 0 Å². The number of benzene rings is 2. The number of anilines is 1. The highest BCUT2D eigenvalue weighted by Gasteiger charge is 2.45. The van der Waals surface area contributed by atoms with Crippen molar-refractivity contribution in [3.05, 3.63) is 64.6 Å². The van der Waals surface area contributed by atoms with Gasteiger partial charge < -0.3 is 10.6 Å². The van der Waals surface area contributed by atoms with Crippen molar-refractivity contribution in [2.75, 3.05) is 5.32 Å². The van der Waals surface area contributed by atoms with Crippen LogP contribution in [0.5, 0.6) is 0 Å². The normalized spacial score (nSPS) is 25.0. The van der Waals surface area contributed by atoms with Gasteiger partial charge in [0.25, 0.3) is 0 Å². The van der Waals surface area contributed by atoms with Crippen LogP contribution in [0.1, 0.15) is 18.4 Å². The Labute approximate surface area is 166 Å². The number of rotatable bonds is 3.